The van der Waals surface area contributed by atoms with Crippen molar-refractivity contribution >= 4 is 11.6 Å². The van der Waals surface area contributed by atoms with Gasteiger partial charge in [0.25, 0.3) is 0 Å². The molecule has 1 aromatic rings. The summed E-state index contributed by atoms with van der Waals surface area (Å²) in [5.74, 6) is 7.43. The molecule has 0 atom stereocenters. The quantitative estimate of drug-likeness (QED) is 0.389. The van der Waals surface area contributed by atoms with Crippen LogP contribution in [0.3, 0.4) is 0 Å². The summed E-state index contributed by atoms with van der Waals surface area (Å²) in [4.78, 5) is 10.7. The van der Waals surface area contributed by atoms with Crippen molar-refractivity contribution in [2.75, 3.05) is 44.2 Å². The zero-order valence-electron chi connectivity index (χ0n) is 11.8. The van der Waals surface area contributed by atoms with Crippen LogP contribution in [-0.2, 0) is 16.1 Å². The lowest BCUT2D eigenvalue weighted by Crippen LogP contribution is -2.22. The number of nitrogen functional groups attached to an aromatic ring is 1. The minimum Gasteiger partial charge on any atom is -0.385 e. The maximum absolute atomic E-state index is 5.42. The van der Waals surface area contributed by atoms with Crippen molar-refractivity contribution in [2.45, 2.75) is 20.0 Å². The number of hydrogen-bond donors (Lipinski definition) is 2. The first-order valence-electron chi connectivity index (χ1n) is 6.33. The molecule has 3 N–H and O–H groups in total. The Bertz CT molecular complexity index is 375. The van der Waals surface area contributed by atoms with Gasteiger partial charge in [-0.1, -0.05) is 0 Å². The highest BCUT2D eigenvalue weighted by atomic mass is 16.5. The number of hydrazine groups is 1. The van der Waals surface area contributed by atoms with E-state index in [2.05, 4.69) is 15.4 Å². The van der Waals surface area contributed by atoms with Gasteiger partial charge in [-0.3, -0.25) is 0 Å². The second kappa shape index (κ2) is 8.63. The molecule has 7 heteroatoms. The predicted molar refractivity (Wildman–Crippen MR) is 74.9 cm³/mol. The Kier molecular flexibility index (Phi) is 7.09. The van der Waals surface area contributed by atoms with Crippen LogP contribution < -0.4 is 16.2 Å². The summed E-state index contributed by atoms with van der Waals surface area (Å²) in [6.45, 7) is 4.52. The van der Waals surface area contributed by atoms with Crippen molar-refractivity contribution in [3.63, 3.8) is 0 Å². The third kappa shape index (κ3) is 5.37. The molecule has 0 amide bonds. The van der Waals surface area contributed by atoms with Crippen molar-refractivity contribution < 1.29 is 9.47 Å². The Hall–Kier alpha value is -1.44. The zero-order valence-corrected chi connectivity index (χ0v) is 11.8. The molecule has 0 aliphatic carbocycles. The minimum atomic E-state index is 0.380. The lowest BCUT2D eigenvalue weighted by molar-refractivity contribution is 0.128. The third-order valence-corrected chi connectivity index (χ3v) is 2.58. The number of nitrogens with zero attached hydrogens (tertiary/aromatic N) is 3. The molecule has 0 spiro atoms. The van der Waals surface area contributed by atoms with E-state index in [0.29, 0.717) is 24.9 Å². The fourth-order valence-corrected chi connectivity index (χ4v) is 1.57. The van der Waals surface area contributed by atoms with E-state index in [0.717, 1.165) is 25.4 Å². The van der Waals surface area contributed by atoms with E-state index in [9.17, 15) is 0 Å². The Morgan fingerprint density at radius 1 is 1.42 bits per heavy atom. The van der Waals surface area contributed by atoms with Crippen LogP contribution in [0.1, 0.15) is 19.2 Å². The van der Waals surface area contributed by atoms with Gasteiger partial charge in [0.2, 0.25) is 0 Å². The lowest BCUT2D eigenvalue weighted by atomic mass is 10.4. The number of anilines is 2. The van der Waals surface area contributed by atoms with E-state index in [-0.39, 0.29) is 0 Å². The molecule has 0 aliphatic rings. The molecule has 1 heterocycles. The van der Waals surface area contributed by atoms with Gasteiger partial charge in [-0.15, -0.1) is 0 Å². The number of nitrogens with two attached hydrogens (primary N) is 1. The number of rotatable bonds is 9. The number of methoxy groups -OCH3 is 1. The fourth-order valence-electron chi connectivity index (χ4n) is 1.57. The first kappa shape index (κ1) is 15.6. The fraction of sp³-hybridized carbons (Fsp3) is 0.667. The van der Waals surface area contributed by atoms with E-state index in [1.165, 1.54) is 0 Å². The van der Waals surface area contributed by atoms with Crippen molar-refractivity contribution in [2.24, 2.45) is 5.84 Å². The van der Waals surface area contributed by atoms with Crippen LogP contribution in [0.2, 0.25) is 0 Å². The second-order valence-electron chi connectivity index (χ2n) is 4.08. The molecule has 1 aromatic heterocycles. The molecule has 19 heavy (non-hydrogen) atoms. The Morgan fingerprint density at radius 3 is 2.84 bits per heavy atom. The number of aromatic nitrogens is 2. The lowest BCUT2D eigenvalue weighted by Gasteiger charge is -2.19. The molecule has 0 unspecified atom stereocenters. The maximum Gasteiger partial charge on any atom is 0.158 e. The third-order valence-electron chi connectivity index (χ3n) is 2.58. The number of hydrogen-bond acceptors (Lipinski definition) is 7. The van der Waals surface area contributed by atoms with Crippen LogP contribution in [0, 0.1) is 0 Å². The maximum atomic E-state index is 5.42. The monoisotopic (exact) mass is 269 g/mol. The minimum absolute atomic E-state index is 0.380. The van der Waals surface area contributed by atoms with Gasteiger partial charge in [-0.05, 0) is 13.3 Å². The summed E-state index contributed by atoms with van der Waals surface area (Å²) in [7, 11) is 3.67. The summed E-state index contributed by atoms with van der Waals surface area (Å²) < 4.78 is 10.4. The Morgan fingerprint density at radius 2 is 2.21 bits per heavy atom. The van der Waals surface area contributed by atoms with Crippen LogP contribution in [0.4, 0.5) is 11.6 Å². The van der Waals surface area contributed by atoms with Crippen LogP contribution in [0.15, 0.2) is 6.07 Å². The van der Waals surface area contributed by atoms with E-state index >= 15 is 0 Å². The summed E-state index contributed by atoms with van der Waals surface area (Å²) in [5.41, 5.74) is 2.55. The van der Waals surface area contributed by atoms with Gasteiger partial charge in [-0.25, -0.2) is 15.8 Å². The van der Waals surface area contributed by atoms with Crippen LogP contribution in [0.25, 0.3) is 0 Å². The molecule has 0 saturated heterocycles. The molecule has 0 aliphatic heterocycles. The van der Waals surface area contributed by atoms with Crippen molar-refractivity contribution in [1.29, 1.82) is 0 Å². The van der Waals surface area contributed by atoms with Gasteiger partial charge < -0.3 is 19.8 Å². The van der Waals surface area contributed by atoms with Crippen molar-refractivity contribution in [3.05, 3.63) is 11.9 Å². The summed E-state index contributed by atoms with van der Waals surface area (Å²) in [5, 5.41) is 0. The summed E-state index contributed by atoms with van der Waals surface area (Å²) in [6.07, 6.45) is 0.934. The average Bonchev–Trinajstić information content (AvgIpc) is 2.44. The van der Waals surface area contributed by atoms with Gasteiger partial charge in [0.15, 0.2) is 5.82 Å². The molecule has 0 aromatic carbocycles. The highest BCUT2D eigenvalue weighted by molar-refractivity contribution is 5.48. The average molecular weight is 269 g/mol. The standard InChI is InChI=1S/C12H23N5O2/c1-4-19-9-11-14-10(16-13)8-12(15-11)17(2)6-5-7-18-3/h8H,4-7,9,13H2,1-3H3,(H,14,15,16). The summed E-state index contributed by atoms with van der Waals surface area (Å²) >= 11 is 0. The Balaban J connectivity index is 2.74. The zero-order chi connectivity index (χ0) is 14.1. The molecule has 108 valence electrons. The molecule has 1 rings (SSSR count). The SMILES string of the molecule is CCOCc1nc(NN)cc(N(C)CCCOC)n1. The molecule has 0 radical (unpaired) electrons. The largest absolute Gasteiger partial charge is 0.385 e. The van der Waals surface area contributed by atoms with Gasteiger partial charge in [0.05, 0.1) is 0 Å². The van der Waals surface area contributed by atoms with Gasteiger partial charge >= 0.3 is 0 Å². The summed E-state index contributed by atoms with van der Waals surface area (Å²) in [6, 6.07) is 1.81. The van der Waals surface area contributed by atoms with E-state index in [4.69, 9.17) is 15.3 Å². The van der Waals surface area contributed by atoms with E-state index < -0.39 is 0 Å². The van der Waals surface area contributed by atoms with E-state index in [1.807, 2.05) is 24.9 Å². The topological polar surface area (TPSA) is 85.5 Å². The molecular weight excluding hydrogens is 246 g/mol. The van der Waals surface area contributed by atoms with Crippen LogP contribution >= 0.6 is 0 Å². The number of ether oxygens (including phenoxy) is 2. The van der Waals surface area contributed by atoms with Gasteiger partial charge in [-0.2, -0.15) is 0 Å². The highest BCUT2D eigenvalue weighted by Crippen LogP contribution is 2.15. The van der Waals surface area contributed by atoms with Gasteiger partial charge in [0, 0.05) is 40.0 Å². The molecular formula is C12H23N5O2. The molecule has 7 nitrogen and oxygen atoms in total. The number of nitrogens with one attached hydrogen (secondary N) is 1. The normalized spacial score (nSPS) is 10.5. The molecule has 0 saturated carbocycles. The molecule has 0 fully saturated rings. The smallest absolute Gasteiger partial charge is 0.158 e. The van der Waals surface area contributed by atoms with Gasteiger partial charge in [0.1, 0.15) is 18.2 Å². The van der Waals surface area contributed by atoms with Crippen molar-refractivity contribution in [1.82, 2.24) is 9.97 Å². The predicted octanol–water partition coefficient (Wildman–Crippen LogP) is 0.771. The highest BCUT2D eigenvalue weighted by Gasteiger charge is 2.08. The van der Waals surface area contributed by atoms with Crippen LogP contribution in [-0.4, -0.2) is 43.9 Å². The first-order chi connectivity index (χ1) is 9.21. The molecule has 0 bridgehead atoms. The second-order valence-corrected chi connectivity index (χ2v) is 4.08. The van der Waals surface area contributed by atoms with Crippen molar-refractivity contribution in [3.8, 4) is 0 Å². The Labute approximate surface area is 114 Å². The first-order valence-corrected chi connectivity index (χ1v) is 6.33. The van der Waals surface area contributed by atoms with Crippen LogP contribution in [0.5, 0.6) is 0 Å². The van der Waals surface area contributed by atoms with E-state index in [1.54, 1.807) is 7.11 Å².